The highest BCUT2D eigenvalue weighted by molar-refractivity contribution is 7.91. The van der Waals surface area contributed by atoms with Crippen LogP contribution in [0.2, 0.25) is 4.34 Å². The van der Waals surface area contributed by atoms with Crippen LogP contribution in [0.15, 0.2) is 28.5 Å². The number of thiophene rings is 2. The second-order valence-electron chi connectivity index (χ2n) is 10.3. The van der Waals surface area contributed by atoms with Crippen molar-refractivity contribution in [2.24, 2.45) is 0 Å². The first-order valence-electron chi connectivity index (χ1n) is 12.1. The van der Waals surface area contributed by atoms with Crippen molar-refractivity contribution in [3.05, 3.63) is 28.6 Å². The largest absolute Gasteiger partial charge is 0.337 e. The highest BCUT2D eigenvalue weighted by Gasteiger charge is 2.36. The summed E-state index contributed by atoms with van der Waals surface area (Å²) in [6.45, 7) is 8.11. The molecule has 0 aromatic carbocycles. The summed E-state index contributed by atoms with van der Waals surface area (Å²) in [6, 6.07) is 6.15. The van der Waals surface area contributed by atoms with E-state index in [1.807, 2.05) is 11.0 Å². The molecule has 0 bridgehead atoms. The molecule has 4 heterocycles. The molecule has 2 saturated heterocycles. The lowest BCUT2D eigenvalue weighted by atomic mass is 10.1. The molecule has 2 aromatic heterocycles. The minimum absolute atomic E-state index is 0.0225. The van der Waals surface area contributed by atoms with Crippen LogP contribution in [0, 0.1) is 0 Å². The molecule has 2 aromatic rings. The molecule has 0 saturated carbocycles. The van der Waals surface area contributed by atoms with Gasteiger partial charge in [-0.05, 0) is 70.7 Å². The molecule has 198 valence electrons. The van der Waals surface area contributed by atoms with Gasteiger partial charge in [0, 0.05) is 41.0 Å². The van der Waals surface area contributed by atoms with E-state index in [1.165, 1.54) is 16.2 Å². The highest BCUT2D eigenvalue weighted by Crippen LogP contribution is 2.37. The van der Waals surface area contributed by atoms with Crippen molar-refractivity contribution in [1.82, 2.24) is 19.8 Å². The predicted octanol–water partition coefficient (Wildman–Crippen LogP) is 3.78. The number of nitrogens with zero attached hydrogens (tertiary/aromatic N) is 2. The van der Waals surface area contributed by atoms with E-state index in [9.17, 15) is 18.0 Å². The lowest BCUT2D eigenvalue weighted by Crippen LogP contribution is -2.55. The standard InChI is InChI=1S/C24H33ClN4O4S3/c1-24(2,3)26-14-16-6-4-13-29(16)21(30)15-28-12-5-7-17(23(28)31)27-36(32,33)22-11-9-19(35-22)18-8-10-20(25)34-18/h8-11,16-17,26-27H,4-7,12-15H2,1-3H3/t16-,17-/m0/s1. The number of rotatable bonds is 8. The number of piperidine rings is 1. The fraction of sp³-hybridized carbons (Fsp3) is 0.583. The summed E-state index contributed by atoms with van der Waals surface area (Å²) in [5, 5.41) is 3.47. The molecule has 36 heavy (non-hydrogen) atoms. The zero-order valence-corrected chi connectivity index (χ0v) is 24.0. The van der Waals surface area contributed by atoms with Gasteiger partial charge >= 0.3 is 0 Å². The van der Waals surface area contributed by atoms with Crippen LogP contribution >= 0.6 is 34.3 Å². The molecule has 0 unspecified atom stereocenters. The predicted molar refractivity (Wildman–Crippen MR) is 145 cm³/mol. The van der Waals surface area contributed by atoms with E-state index >= 15 is 0 Å². The van der Waals surface area contributed by atoms with Crippen molar-refractivity contribution in [1.29, 1.82) is 0 Å². The van der Waals surface area contributed by atoms with E-state index in [-0.39, 0.29) is 34.1 Å². The lowest BCUT2D eigenvalue weighted by Gasteiger charge is -2.34. The third-order valence-electron chi connectivity index (χ3n) is 6.38. The maximum absolute atomic E-state index is 13.2. The summed E-state index contributed by atoms with van der Waals surface area (Å²) < 4.78 is 29.5. The van der Waals surface area contributed by atoms with Crippen LogP contribution in [0.1, 0.15) is 46.5 Å². The van der Waals surface area contributed by atoms with Gasteiger partial charge in [-0.3, -0.25) is 9.59 Å². The molecule has 0 radical (unpaired) electrons. The Balaban J connectivity index is 1.37. The number of sulfonamides is 1. The van der Waals surface area contributed by atoms with Gasteiger partial charge in [0.1, 0.15) is 10.3 Å². The van der Waals surface area contributed by atoms with E-state index in [0.29, 0.717) is 36.8 Å². The molecule has 8 nitrogen and oxygen atoms in total. The Hall–Kier alpha value is -1.50. The summed E-state index contributed by atoms with van der Waals surface area (Å²) in [5.74, 6) is -0.425. The number of carbonyl (C=O) groups excluding carboxylic acids is 2. The molecule has 2 aliphatic heterocycles. The lowest BCUT2D eigenvalue weighted by molar-refractivity contribution is -0.143. The third-order valence-corrected chi connectivity index (χ3v) is 10.9. The Labute approximate surface area is 226 Å². The van der Waals surface area contributed by atoms with Crippen LogP contribution in [-0.2, 0) is 19.6 Å². The smallest absolute Gasteiger partial charge is 0.250 e. The molecular weight excluding hydrogens is 540 g/mol. The van der Waals surface area contributed by atoms with Crippen molar-refractivity contribution in [2.75, 3.05) is 26.2 Å². The van der Waals surface area contributed by atoms with Crippen molar-refractivity contribution in [3.63, 3.8) is 0 Å². The zero-order chi connectivity index (χ0) is 26.1. The monoisotopic (exact) mass is 572 g/mol. The molecule has 0 spiro atoms. The van der Waals surface area contributed by atoms with Gasteiger partial charge < -0.3 is 15.1 Å². The first-order chi connectivity index (χ1) is 16.9. The average Bonchev–Trinajstić information content (AvgIpc) is 3.54. The van der Waals surface area contributed by atoms with Gasteiger partial charge in [-0.1, -0.05) is 11.6 Å². The summed E-state index contributed by atoms with van der Waals surface area (Å²) >= 11 is 8.53. The van der Waals surface area contributed by atoms with Gasteiger partial charge in [0.2, 0.25) is 11.8 Å². The average molecular weight is 573 g/mol. The van der Waals surface area contributed by atoms with Crippen LogP contribution in [-0.4, -0.2) is 73.8 Å². The van der Waals surface area contributed by atoms with Gasteiger partial charge in [-0.2, -0.15) is 4.72 Å². The highest BCUT2D eigenvalue weighted by atomic mass is 35.5. The third kappa shape index (κ3) is 6.68. The maximum atomic E-state index is 13.2. The minimum Gasteiger partial charge on any atom is -0.337 e. The van der Waals surface area contributed by atoms with Crippen molar-refractivity contribution < 1.29 is 18.0 Å². The summed E-state index contributed by atoms with van der Waals surface area (Å²) in [5.41, 5.74) is -0.0370. The van der Waals surface area contributed by atoms with E-state index in [1.54, 1.807) is 18.2 Å². The Morgan fingerprint density at radius 2 is 1.78 bits per heavy atom. The normalized spacial score (nSPS) is 21.4. The van der Waals surface area contributed by atoms with Gasteiger partial charge in [0.25, 0.3) is 10.0 Å². The SMILES string of the molecule is CC(C)(C)NC[C@@H]1CCCN1C(=O)CN1CCC[C@H](NS(=O)(=O)c2ccc(-c3ccc(Cl)s3)s2)C1=O. The van der Waals surface area contributed by atoms with Crippen LogP contribution in [0.5, 0.6) is 0 Å². The number of likely N-dealkylation sites (tertiary alicyclic amines) is 2. The molecule has 2 aliphatic rings. The van der Waals surface area contributed by atoms with Gasteiger partial charge in [-0.15, -0.1) is 22.7 Å². The number of amides is 2. The fourth-order valence-corrected chi connectivity index (χ4v) is 8.23. The Kier molecular flexibility index (Phi) is 8.48. The van der Waals surface area contributed by atoms with Gasteiger partial charge in [0.15, 0.2) is 0 Å². The van der Waals surface area contributed by atoms with Crippen LogP contribution in [0.25, 0.3) is 9.75 Å². The number of carbonyl (C=O) groups is 2. The van der Waals surface area contributed by atoms with Crippen molar-refractivity contribution in [3.8, 4) is 9.75 Å². The molecule has 4 rings (SSSR count). The topological polar surface area (TPSA) is 98.8 Å². The number of nitrogens with one attached hydrogen (secondary N) is 2. The van der Waals surface area contributed by atoms with Crippen LogP contribution in [0.4, 0.5) is 0 Å². The summed E-state index contributed by atoms with van der Waals surface area (Å²) in [7, 11) is -3.88. The number of hydrogen-bond acceptors (Lipinski definition) is 7. The Morgan fingerprint density at radius 1 is 1.08 bits per heavy atom. The van der Waals surface area contributed by atoms with Crippen molar-refractivity contribution >= 4 is 56.1 Å². The van der Waals surface area contributed by atoms with Gasteiger partial charge in [0.05, 0.1) is 10.9 Å². The zero-order valence-electron chi connectivity index (χ0n) is 20.8. The van der Waals surface area contributed by atoms with E-state index < -0.39 is 16.1 Å². The number of halogens is 1. The first kappa shape index (κ1) is 27.5. The molecule has 2 fully saturated rings. The number of hydrogen-bond donors (Lipinski definition) is 2. The summed E-state index contributed by atoms with van der Waals surface area (Å²) in [6.07, 6.45) is 2.92. The summed E-state index contributed by atoms with van der Waals surface area (Å²) in [4.78, 5) is 31.3. The van der Waals surface area contributed by atoms with Crippen LogP contribution < -0.4 is 10.0 Å². The Bertz CT molecular complexity index is 1200. The fourth-order valence-electron chi connectivity index (χ4n) is 4.55. The van der Waals surface area contributed by atoms with E-state index in [2.05, 4.69) is 30.8 Å². The minimum atomic E-state index is -3.88. The second kappa shape index (κ2) is 11.1. The molecular formula is C24H33ClN4O4S3. The van der Waals surface area contributed by atoms with Crippen LogP contribution in [0.3, 0.4) is 0 Å². The molecule has 2 N–H and O–H groups in total. The quantitative estimate of drug-likeness (QED) is 0.502. The maximum Gasteiger partial charge on any atom is 0.250 e. The van der Waals surface area contributed by atoms with E-state index in [0.717, 1.165) is 33.9 Å². The van der Waals surface area contributed by atoms with Crippen molar-refractivity contribution in [2.45, 2.75) is 68.3 Å². The second-order valence-corrected chi connectivity index (χ2v) is 15.1. The molecule has 0 aliphatic carbocycles. The molecule has 2 atom stereocenters. The molecule has 12 heteroatoms. The van der Waals surface area contributed by atoms with E-state index in [4.69, 9.17) is 11.6 Å². The first-order valence-corrected chi connectivity index (χ1v) is 15.6. The molecule has 2 amide bonds. The van der Waals surface area contributed by atoms with Gasteiger partial charge in [-0.25, -0.2) is 8.42 Å². The Morgan fingerprint density at radius 3 is 2.47 bits per heavy atom.